The van der Waals surface area contributed by atoms with Gasteiger partial charge in [-0.05, 0) is 37.0 Å². The van der Waals surface area contributed by atoms with Crippen molar-refractivity contribution in [2.45, 2.75) is 38.1 Å². The molecule has 0 bridgehead atoms. The first-order valence-electron chi connectivity index (χ1n) is 5.04. The molecule has 3 heteroatoms. The zero-order valence-corrected chi connectivity index (χ0v) is 8.08. The van der Waals surface area contributed by atoms with Crippen molar-refractivity contribution in [1.29, 1.82) is 0 Å². The smallest absolute Gasteiger partial charge is 0.323 e. The lowest BCUT2D eigenvalue weighted by Crippen LogP contribution is -2.45. The van der Waals surface area contributed by atoms with Crippen molar-refractivity contribution in [3.05, 3.63) is 0 Å². The van der Waals surface area contributed by atoms with E-state index in [0.717, 1.165) is 12.8 Å². The van der Waals surface area contributed by atoms with Crippen molar-refractivity contribution < 1.29 is 9.53 Å². The summed E-state index contributed by atoms with van der Waals surface area (Å²) in [5.74, 6) is 0.464. The fraction of sp³-hybridized carbons (Fsp3) is 0.900. The van der Waals surface area contributed by atoms with Crippen molar-refractivity contribution in [1.82, 2.24) is 0 Å². The maximum atomic E-state index is 11.3. The summed E-state index contributed by atoms with van der Waals surface area (Å²) in [4.78, 5) is 11.3. The van der Waals surface area contributed by atoms with Gasteiger partial charge in [-0.1, -0.05) is 6.42 Å². The van der Waals surface area contributed by atoms with Crippen LogP contribution in [0.25, 0.3) is 0 Å². The third-order valence-corrected chi connectivity index (χ3v) is 3.82. The molecule has 1 atom stereocenters. The molecule has 2 aliphatic carbocycles. The van der Waals surface area contributed by atoms with E-state index in [1.807, 2.05) is 0 Å². The molecule has 0 aromatic carbocycles. The summed E-state index contributed by atoms with van der Waals surface area (Å²) in [7, 11) is 1.42. The van der Waals surface area contributed by atoms with E-state index in [-0.39, 0.29) is 17.4 Å². The van der Waals surface area contributed by atoms with E-state index in [2.05, 4.69) is 0 Å². The van der Waals surface area contributed by atoms with E-state index >= 15 is 0 Å². The molecule has 0 aliphatic heterocycles. The van der Waals surface area contributed by atoms with Crippen LogP contribution in [-0.4, -0.2) is 19.1 Å². The van der Waals surface area contributed by atoms with Gasteiger partial charge in [-0.25, -0.2) is 0 Å². The van der Waals surface area contributed by atoms with Crippen molar-refractivity contribution in [2.24, 2.45) is 17.1 Å². The summed E-state index contributed by atoms with van der Waals surface area (Å²) in [5.41, 5.74) is 6.03. The number of esters is 1. The molecule has 0 aromatic heterocycles. The van der Waals surface area contributed by atoms with E-state index in [9.17, 15) is 4.79 Å². The molecule has 2 fully saturated rings. The minimum absolute atomic E-state index is 0.130. The number of ether oxygens (including phenoxy) is 1. The zero-order chi connectivity index (χ0) is 9.47. The number of hydrogen-bond donors (Lipinski definition) is 1. The molecule has 2 saturated carbocycles. The second-order valence-electron chi connectivity index (χ2n) is 4.36. The third kappa shape index (κ3) is 1.26. The molecule has 2 N–H and O–H groups in total. The average molecular weight is 183 g/mol. The first-order chi connectivity index (χ1) is 6.20. The van der Waals surface area contributed by atoms with Crippen LogP contribution < -0.4 is 5.73 Å². The van der Waals surface area contributed by atoms with E-state index < -0.39 is 0 Å². The SMILES string of the molecule is COC(=O)C(N)C1(C2CCC2)CC1. The largest absolute Gasteiger partial charge is 0.468 e. The van der Waals surface area contributed by atoms with Gasteiger partial charge in [0.2, 0.25) is 0 Å². The number of carbonyl (C=O) groups is 1. The van der Waals surface area contributed by atoms with Crippen LogP contribution >= 0.6 is 0 Å². The fourth-order valence-electron chi connectivity index (χ4n) is 2.46. The van der Waals surface area contributed by atoms with Crippen LogP contribution in [-0.2, 0) is 9.53 Å². The Balaban J connectivity index is 2.01. The molecule has 2 aliphatic rings. The third-order valence-electron chi connectivity index (χ3n) is 3.82. The Hall–Kier alpha value is -0.570. The predicted octanol–water partition coefficient (Wildman–Crippen LogP) is 1.07. The predicted molar refractivity (Wildman–Crippen MR) is 49.0 cm³/mol. The summed E-state index contributed by atoms with van der Waals surface area (Å²) in [6, 6.07) is -0.372. The van der Waals surface area contributed by atoms with Crippen LogP contribution in [0.1, 0.15) is 32.1 Å². The Morgan fingerprint density at radius 1 is 1.54 bits per heavy atom. The maximum Gasteiger partial charge on any atom is 0.323 e. The molecule has 13 heavy (non-hydrogen) atoms. The Bertz CT molecular complexity index is 219. The molecule has 0 saturated heterocycles. The second-order valence-corrected chi connectivity index (χ2v) is 4.36. The van der Waals surface area contributed by atoms with Crippen LogP contribution in [0.2, 0.25) is 0 Å². The summed E-state index contributed by atoms with van der Waals surface area (Å²) in [6.45, 7) is 0. The first kappa shape index (κ1) is 9.00. The van der Waals surface area contributed by atoms with Gasteiger partial charge in [0.15, 0.2) is 0 Å². The maximum absolute atomic E-state index is 11.3. The van der Waals surface area contributed by atoms with Gasteiger partial charge in [-0.2, -0.15) is 0 Å². The summed E-state index contributed by atoms with van der Waals surface area (Å²) in [6.07, 6.45) is 6.05. The van der Waals surface area contributed by atoms with Crippen molar-refractivity contribution in [3.8, 4) is 0 Å². The molecule has 0 heterocycles. The van der Waals surface area contributed by atoms with Crippen LogP contribution in [0.3, 0.4) is 0 Å². The Morgan fingerprint density at radius 2 is 2.15 bits per heavy atom. The quantitative estimate of drug-likeness (QED) is 0.666. The van der Waals surface area contributed by atoms with E-state index in [1.54, 1.807) is 0 Å². The highest BCUT2D eigenvalue weighted by molar-refractivity contribution is 5.77. The average Bonchev–Trinajstić information content (AvgIpc) is 2.80. The highest BCUT2D eigenvalue weighted by atomic mass is 16.5. The molecular weight excluding hydrogens is 166 g/mol. The van der Waals surface area contributed by atoms with Gasteiger partial charge < -0.3 is 10.5 Å². The normalized spacial score (nSPS) is 27.5. The number of methoxy groups -OCH3 is 1. The lowest BCUT2D eigenvalue weighted by Gasteiger charge is -2.36. The highest BCUT2D eigenvalue weighted by Crippen LogP contribution is 2.60. The molecule has 1 unspecified atom stereocenters. The summed E-state index contributed by atoms with van der Waals surface area (Å²) < 4.78 is 4.69. The number of hydrogen-bond acceptors (Lipinski definition) is 3. The molecule has 0 spiro atoms. The van der Waals surface area contributed by atoms with Gasteiger partial charge in [-0.3, -0.25) is 4.79 Å². The Labute approximate surface area is 78.6 Å². The van der Waals surface area contributed by atoms with Gasteiger partial charge in [0, 0.05) is 0 Å². The second kappa shape index (κ2) is 2.98. The van der Waals surface area contributed by atoms with E-state index in [1.165, 1.54) is 26.4 Å². The molecule has 3 nitrogen and oxygen atoms in total. The van der Waals surface area contributed by atoms with Crippen molar-refractivity contribution in [2.75, 3.05) is 7.11 Å². The van der Waals surface area contributed by atoms with E-state index in [0.29, 0.717) is 5.92 Å². The van der Waals surface area contributed by atoms with Gasteiger partial charge in [0.25, 0.3) is 0 Å². The van der Waals surface area contributed by atoms with Crippen molar-refractivity contribution in [3.63, 3.8) is 0 Å². The van der Waals surface area contributed by atoms with Crippen LogP contribution in [0.5, 0.6) is 0 Å². The molecule has 0 amide bonds. The fourth-order valence-corrected chi connectivity index (χ4v) is 2.46. The highest BCUT2D eigenvalue weighted by Gasteiger charge is 2.57. The van der Waals surface area contributed by atoms with Gasteiger partial charge in [0.1, 0.15) is 6.04 Å². The number of rotatable bonds is 3. The molecular formula is C10H17NO2. The first-order valence-corrected chi connectivity index (χ1v) is 5.04. The van der Waals surface area contributed by atoms with E-state index in [4.69, 9.17) is 10.5 Å². The number of nitrogens with two attached hydrogens (primary N) is 1. The lowest BCUT2D eigenvalue weighted by molar-refractivity contribution is -0.145. The lowest BCUT2D eigenvalue weighted by atomic mass is 9.70. The van der Waals surface area contributed by atoms with Crippen LogP contribution in [0.15, 0.2) is 0 Å². The van der Waals surface area contributed by atoms with Gasteiger partial charge in [0.05, 0.1) is 7.11 Å². The summed E-state index contributed by atoms with van der Waals surface area (Å²) >= 11 is 0. The standard InChI is InChI=1S/C10H17NO2/c1-13-9(12)8(11)10(5-6-10)7-3-2-4-7/h7-8H,2-6,11H2,1H3. The molecule has 74 valence electrons. The van der Waals surface area contributed by atoms with Crippen LogP contribution in [0.4, 0.5) is 0 Å². The minimum Gasteiger partial charge on any atom is -0.468 e. The topological polar surface area (TPSA) is 52.3 Å². The van der Waals surface area contributed by atoms with Gasteiger partial charge >= 0.3 is 5.97 Å². The van der Waals surface area contributed by atoms with Crippen molar-refractivity contribution >= 4 is 5.97 Å². The molecule has 0 radical (unpaired) electrons. The molecule has 2 rings (SSSR count). The van der Waals surface area contributed by atoms with Crippen LogP contribution in [0, 0.1) is 11.3 Å². The van der Waals surface area contributed by atoms with Gasteiger partial charge in [-0.15, -0.1) is 0 Å². The monoisotopic (exact) mass is 183 g/mol. The zero-order valence-electron chi connectivity index (χ0n) is 8.08. The summed E-state index contributed by atoms with van der Waals surface area (Å²) in [5, 5.41) is 0. The number of carbonyl (C=O) groups excluding carboxylic acids is 1. The Kier molecular flexibility index (Phi) is 2.06. The Morgan fingerprint density at radius 3 is 2.46 bits per heavy atom. The minimum atomic E-state index is -0.372. The molecule has 0 aromatic rings.